The highest BCUT2D eigenvalue weighted by molar-refractivity contribution is 5.90. The van der Waals surface area contributed by atoms with Crippen LogP contribution in [0.5, 0.6) is 0 Å². The van der Waals surface area contributed by atoms with Gasteiger partial charge in [-0.25, -0.2) is 4.79 Å². The summed E-state index contributed by atoms with van der Waals surface area (Å²) in [5.41, 5.74) is -1.08. The third-order valence-electron chi connectivity index (χ3n) is 7.38. The molecule has 4 atom stereocenters. The zero-order chi connectivity index (χ0) is 14.5. The predicted octanol–water partition coefficient (Wildman–Crippen LogP) is 1.48. The Bertz CT molecular complexity index is 583. The van der Waals surface area contributed by atoms with Gasteiger partial charge in [0.25, 0.3) is 0 Å². The highest BCUT2D eigenvalue weighted by Crippen LogP contribution is 3.11. The molecule has 0 aliphatic heterocycles. The molecule has 0 radical (unpaired) electrons. The highest BCUT2D eigenvalue weighted by Gasteiger charge is 3.16. The second-order valence-electron chi connectivity index (χ2n) is 8.55. The lowest BCUT2D eigenvalue weighted by Gasteiger charge is -3.13. The summed E-state index contributed by atoms with van der Waals surface area (Å²) in [7, 11) is 0. The molecule has 6 fully saturated rings. The van der Waals surface area contributed by atoms with E-state index in [1.165, 1.54) is 0 Å². The molecule has 5 nitrogen and oxygen atoms in total. The number of nitrogens with one attached hydrogen (secondary N) is 1. The van der Waals surface area contributed by atoms with Crippen LogP contribution in [0.4, 0.5) is 4.79 Å². The summed E-state index contributed by atoms with van der Waals surface area (Å²) in [6.45, 7) is 7.67. The molecule has 0 aromatic carbocycles. The Morgan fingerprint density at radius 2 is 1.70 bits per heavy atom. The van der Waals surface area contributed by atoms with E-state index in [1.807, 2.05) is 20.8 Å². The molecule has 6 aliphatic rings. The first-order valence-corrected chi connectivity index (χ1v) is 7.39. The minimum absolute atomic E-state index is 0.0576. The van der Waals surface area contributed by atoms with Crippen LogP contribution in [0.1, 0.15) is 27.7 Å². The molecule has 0 bridgehead atoms. The Labute approximate surface area is 117 Å². The summed E-state index contributed by atoms with van der Waals surface area (Å²) in [6.07, 6.45) is -0.346. The predicted molar refractivity (Wildman–Crippen MR) is 67.7 cm³/mol. The quantitative estimate of drug-likeness (QED) is 0.801. The number of carbonyl (C=O) groups excluding carboxylic acids is 1. The van der Waals surface area contributed by atoms with Crippen LogP contribution >= 0.6 is 0 Å². The van der Waals surface area contributed by atoms with Gasteiger partial charge in [0.1, 0.15) is 5.60 Å². The van der Waals surface area contributed by atoms with Crippen LogP contribution in [-0.2, 0) is 9.53 Å². The van der Waals surface area contributed by atoms with Crippen LogP contribution < -0.4 is 5.32 Å². The van der Waals surface area contributed by atoms with Gasteiger partial charge in [0.2, 0.25) is 0 Å². The molecule has 108 valence electrons. The van der Waals surface area contributed by atoms with Gasteiger partial charge in [0, 0.05) is 0 Å². The number of carboxylic acid groups (broad SMARTS) is 1. The highest BCUT2D eigenvalue weighted by atomic mass is 16.6. The molecule has 1 amide bonds. The Kier molecular flexibility index (Phi) is 1.35. The molecule has 0 saturated heterocycles. The number of carboxylic acids is 1. The molecule has 6 aliphatic carbocycles. The summed E-state index contributed by atoms with van der Waals surface area (Å²) in [6, 6.07) is 0. The van der Waals surface area contributed by atoms with Gasteiger partial charge < -0.3 is 15.2 Å². The molecule has 6 saturated carbocycles. The first-order chi connectivity index (χ1) is 9.15. The Morgan fingerprint density at radius 3 is 2.10 bits per heavy atom. The number of aliphatic carboxylic acids is 1. The van der Waals surface area contributed by atoms with Crippen molar-refractivity contribution in [2.24, 2.45) is 40.4 Å². The van der Waals surface area contributed by atoms with E-state index in [1.54, 1.807) is 0 Å². The van der Waals surface area contributed by atoms with Gasteiger partial charge in [0.05, 0.1) is 11.0 Å². The van der Waals surface area contributed by atoms with Crippen molar-refractivity contribution in [1.29, 1.82) is 0 Å². The smallest absolute Gasteiger partial charge is 0.408 e. The second-order valence-corrected chi connectivity index (χ2v) is 8.55. The van der Waals surface area contributed by atoms with E-state index < -0.39 is 17.0 Å². The van der Waals surface area contributed by atoms with Crippen molar-refractivity contribution in [1.82, 2.24) is 5.32 Å². The van der Waals surface area contributed by atoms with Crippen molar-refractivity contribution >= 4 is 12.1 Å². The van der Waals surface area contributed by atoms with Crippen LogP contribution in [0.25, 0.3) is 0 Å². The maximum absolute atomic E-state index is 12.0. The van der Waals surface area contributed by atoms with E-state index in [2.05, 4.69) is 12.2 Å². The molecule has 0 spiro atoms. The lowest BCUT2D eigenvalue weighted by atomic mass is 8.90. The minimum atomic E-state index is -0.607. The number of amides is 1. The van der Waals surface area contributed by atoms with Crippen molar-refractivity contribution < 1.29 is 19.4 Å². The average molecular weight is 277 g/mol. The topological polar surface area (TPSA) is 75.6 Å². The largest absolute Gasteiger partial charge is 0.481 e. The van der Waals surface area contributed by atoms with E-state index in [9.17, 15) is 14.7 Å². The third kappa shape index (κ3) is 0.621. The molecule has 0 heterocycles. The van der Waals surface area contributed by atoms with Crippen LogP contribution in [-0.4, -0.2) is 28.3 Å². The lowest BCUT2D eigenvalue weighted by Crippen LogP contribution is -3.19. The van der Waals surface area contributed by atoms with Crippen LogP contribution in [0.15, 0.2) is 0 Å². The fourth-order valence-electron chi connectivity index (χ4n) is 7.50. The number of ether oxygens (including phenoxy) is 1. The van der Waals surface area contributed by atoms with Gasteiger partial charge in [-0.1, -0.05) is 6.92 Å². The number of hydrogen-bond acceptors (Lipinski definition) is 3. The first kappa shape index (κ1) is 11.4. The van der Waals surface area contributed by atoms with E-state index in [4.69, 9.17) is 4.74 Å². The average Bonchev–Trinajstić information content (AvgIpc) is 2.24. The van der Waals surface area contributed by atoms with Gasteiger partial charge >= 0.3 is 12.1 Å². The van der Waals surface area contributed by atoms with E-state index in [0.29, 0.717) is 29.6 Å². The third-order valence-corrected chi connectivity index (χ3v) is 7.38. The van der Waals surface area contributed by atoms with Crippen molar-refractivity contribution in [3.05, 3.63) is 0 Å². The molecule has 0 aromatic heterocycles. The Morgan fingerprint density at radius 1 is 1.15 bits per heavy atom. The summed E-state index contributed by atoms with van der Waals surface area (Å²) >= 11 is 0. The molecule has 5 heteroatoms. The van der Waals surface area contributed by atoms with Gasteiger partial charge in [-0.3, -0.25) is 4.79 Å². The maximum atomic E-state index is 12.0. The summed E-state index contributed by atoms with van der Waals surface area (Å²) in [4.78, 5) is 23.6. The van der Waals surface area contributed by atoms with E-state index in [-0.39, 0.29) is 17.0 Å². The molecule has 20 heavy (non-hydrogen) atoms. The van der Waals surface area contributed by atoms with Crippen LogP contribution in [0, 0.1) is 40.4 Å². The normalized spacial score (nSPS) is 61.7. The molecular weight excluding hydrogens is 258 g/mol. The standard InChI is InChI=1S/C15H19NO4/c1-12(2,3)20-11(19)16-15-5-6-8(15)13(4)9(15)7(5)14(6,13)10(17)18/h5-9H,1-4H3,(H,16,19)(H,17,18). The monoisotopic (exact) mass is 277 g/mol. The van der Waals surface area contributed by atoms with Gasteiger partial charge in [0.15, 0.2) is 0 Å². The minimum Gasteiger partial charge on any atom is -0.481 e. The van der Waals surface area contributed by atoms with Crippen molar-refractivity contribution in [2.45, 2.75) is 38.8 Å². The molecule has 4 unspecified atom stereocenters. The molecule has 6 rings (SSSR count). The fourth-order valence-corrected chi connectivity index (χ4v) is 7.50. The fraction of sp³-hybridized carbons (Fsp3) is 0.867. The van der Waals surface area contributed by atoms with Gasteiger partial charge in [-0.05, 0) is 55.8 Å². The zero-order valence-electron chi connectivity index (χ0n) is 12.1. The molecular formula is C15H19NO4. The van der Waals surface area contributed by atoms with Crippen LogP contribution in [0.2, 0.25) is 0 Å². The summed E-state index contributed by atoms with van der Waals surface area (Å²) in [5, 5.41) is 12.6. The Balaban J connectivity index is 1.38. The van der Waals surface area contributed by atoms with Crippen molar-refractivity contribution in [2.75, 3.05) is 0 Å². The number of carbonyl (C=O) groups is 2. The van der Waals surface area contributed by atoms with Crippen molar-refractivity contribution in [3.63, 3.8) is 0 Å². The zero-order valence-corrected chi connectivity index (χ0v) is 12.1. The SMILES string of the molecule is CC(C)(C)OC(=O)NC12C3C4C1C1(C)C2C3C41C(=O)O. The second kappa shape index (κ2) is 2.38. The Hall–Kier alpha value is -1.26. The van der Waals surface area contributed by atoms with Gasteiger partial charge in [-0.2, -0.15) is 0 Å². The maximum Gasteiger partial charge on any atom is 0.408 e. The lowest BCUT2D eigenvalue weighted by molar-refractivity contribution is -0.650. The number of alkyl carbamates (subject to hydrolysis) is 1. The summed E-state index contributed by atoms with van der Waals surface area (Å²) < 4.78 is 5.36. The number of rotatable bonds is 2. The molecule has 0 aromatic rings. The van der Waals surface area contributed by atoms with Crippen LogP contribution in [0.3, 0.4) is 0 Å². The summed E-state index contributed by atoms with van der Waals surface area (Å²) in [5.74, 6) is 1.18. The molecule has 2 N–H and O–H groups in total. The number of hydrogen-bond donors (Lipinski definition) is 2. The van der Waals surface area contributed by atoms with E-state index >= 15 is 0 Å². The van der Waals surface area contributed by atoms with Gasteiger partial charge in [-0.15, -0.1) is 0 Å². The van der Waals surface area contributed by atoms with Crippen molar-refractivity contribution in [3.8, 4) is 0 Å². The first-order valence-electron chi connectivity index (χ1n) is 7.39. The van der Waals surface area contributed by atoms with E-state index in [0.717, 1.165) is 0 Å².